The zero-order valence-corrected chi connectivity index (χ0v) is 12.1. The SMILES string of the molecule is Cc1nc(CN(C)S(=O)(=O)c2c[nH]ccc2=O)cs1. The quantitative estimate of drug-likeness (QED) is 0.911. The number of pyridine rings is 1. The number of hydrogen-bond donors (Lipinski definition) is 1. The van der Waals surface area contributed by atoms with E-state index in [1.165, 1.54) is 36.8 Å². The predicted molar refractivity (Wildman–Crippen MR) is 72.6 cm³/mol. The van der Waals surface area contributed by atoms with Gasteiger partial charge < -0.3 is 4.98 Å². The van der Waals surface area contributed by atoms with Gasteiger partial charge in [0.25, 0.3) is 0 Å². The van der Waals surface area contributed by atoms with Crippen molar-refractivity contribution in [2.45, 2.75) is 18.4 Å². The summed E-state index contributed by atoms with van der Waals surface area (Å²) in [4.78, 5) is 18.1. The molecule has 2 aromatic rings. The molecular weight excluding hydrogens is 286 g/mol. The summed E-state index contributed by atoms with van der Waals surface area (Å²) in [5, 5.41) is 2.68. The van der Waals surface area contributed by atoms with E-state index in [0.717, 1.165) is 9.31 Å². The van der Waals surface area contributed by atoms with Gasteiger partial charge in [0.1, 0.15) is 4.90 Å². The van der Waals surface area contributed by atoms with Crippen molar-refractivity contribution in [3.05, 3.63) is 44.8 Å². The van der Waals surface area contributed by atoms with Crippen molar-refractivity contribution in [1.82, 2.24) is 14.3 Å². The molecule has 0 saturated heterocycles. The summed E-state index contributed by atoms with van der Waals surface area (Å²) in [6.07, 6.45) is 2.59. The lowest BCUT2D eigenvalue weighted by atomic mass is 10.5. The monoisotopic (exact) mass is 299 g/mol. The number of hydrogen-bond acceptors (Lipinski definition) is 5. The summed E-state index contributed by atoms with van der Waals surface area (Å²) in [6, 6.07) is 1.19. The topological polar surface area (TPSA) is 83.1 Å². The van der Waals surface area contributed by atoms with E-state index in [2.05, 4.69) is 9.97 Å². The molecule has 8 heteroatoms. The molecule has 0 saturated carbocycles. The lowest BCUT2D eigenvalue weighted by Crippen LogP contribution is -2.30. The highest BCUT2D eigenvalue weighted by atomic mass is 32.2. The lowest BCUT2D eigenvalue weighted by molar-refractivity contribution is 0.462. The second-order valence-corrected chi connectivity index (χ2v) is 7.07. The molecule has 0 unspecified atom stereocenters. The third-order valence-corrected chi connectivity index (χ3v) is 5.17. The van der Waals surface area contributed by atoms with Crippen LogP contribution in [-0.2, 0) is 16.6 Å². The minimum atomic E-state index is -3.80. The van der Waals surface area contributed by atoms with Crippen LogP contribution in [0.1, 0.15) is 10.7 Å². The van der Waals surface area contributed by atoms with E-state index in [-0.39, 0.29) is 11.4 Å². The first kappa shape index (κ1) is 13.9. The van der Waals surface area contributed by atoms with Gasteiger partial charge in [-0.2, -0.15) is 4.31 Å². The number of nitrogens with one attached hydrogen (secondary N) is 1. The van der Waals surface area contributed by atoms with E-state index in [9.17, 15) is 13.2 Å². The highest BCUT2D eigenvalue weighted by molar-refractivity contribution is 7.89. The van der Waals surface area contributed by atoms with Gasteiger partial charge in [0.2, 0.25) is 15.5 Å². The summed E-state index contributed by atoms with van der Waals surface area (Å²) in [6.45, 7) is 1.99. The molecule has 0 bridgehead atoms. The van der Waals surface area contributed by atoms with Crippen molar-refractivity contribution in [3.63, 3.8) is 0 Å². The minimum Gasteiger partial charge on any atom is -0.366 e. The first-order valence-corrected chi connectivity index (χ1v) is 7.77. The van der Waals surface area contributed by atoms with E-state index in [1.807, 2.05) is 6.92 Å². The molecule has 0 aromatic carbocycles. The van der Waals surface area contributed by atoms with Crippen LogP contribution >= 0.6 is 11.3 Å². The molecule has 0 radical (unpaired) electrons. The summed E-state index contributed by atoms with van der Waals surface area (Å²) >= 11 is 1.46. The van der Waals surface area contributed by atoms with Crippen LogP contribution in [-0.4, -0.2) is 29.7 Å². The van der Waals surface area contributed by atoms with E-state index < -0.39 is 15.5 Å². The first-order valence-electron chi connectivity index (χ1n) is 5.45. The fraction of sp³-hybridized carbons (Fsp3) is 0.273. The molecule has 102 valence electrons. The fourth-order valence-electron chi connectivity index (χ4n) is 1.56. The zero-order chi connectivity index (χ0) is 14.0. The Bertz CT molecular complexity index is 733. The first-order chi connectivity index (χ1) is 8.91. The van der Waals surface area contributed by atoms with Gasteiger partial charge in [0, 0.05) is 30.9 Å². The number of rotatable bonds is 4. The van der Waals surface area contributed by atoms with Gasteiger partial charge in [0.05, 0.1) is 17.2 Å². The summed E-state index contributed by atoms with van der Waals surface area (Å²) in [5.74, 6) is 0. The van der Waals surface area contributed by atoms with E-state index in [4.69, 9.17) is 0 Å². The van der Waals surface area contributed by atoms with Crippen LogP contribution in [0.15, 0.2) is 33.5 Å². The van der Waals surface area contributed by atoms with E-state index in [1.54, 1.807) is 5.38 Å². The van der Waals surface area contributed by atoms with Crippen molar-refractivity contribution < 1.29 is 8.42 Å². The molecule has 6 nitrogen and oxygen atoms in total. The Morgan fingerprint density at radius 3 is 2.79 bits per heavy atom. The van der Waals surface area contributed by atoms with E-state index >= 15 is 0 Å². The molecule has 0 atom stereocenters. The Labute approximate surface area is 114 Å². The number of thiazole rings is 1. The molecule has 19 heavy (non-hydrogen) atoms. The maximum Gasteiger partial charge on any atom is 0.248 e. The molecule has 0 amide bonds. The minimum absolute atomic E-state index is 0.140. The number of sulfonamides is 1. The molecule has 2 rings (SSSR count). The van der Waals surface area contributed by atoms with Gasteiger partial charge in [-0.15, -0.1) is 11.3 Å². The van der Waals surface area contributed by atoms with Crippen molar-refractivity contribution in [3.8, 4) is 0 Å². The second-order valence-electron chi connectivity index (χ2n) is 3.99. The summed E-state index contributed by atoms with van der Waals surface area (Å²) in [7, 11) is -2.38. The van der Waals surface area contributed by atoms with Gasteiger partial charge in [-0.1, -0.05) is 0 Å². The molecule has 0 aliphatic carbocycles. The van der Waals surface area contributed by atoms with Gasteiger partial charge in [-0.05, 0) is 6.92 Å². The maximum absolute atomic E-state index is 12.2. The summed E-state index contributed by atoms with van der Waals surface area (Å²) in [5.41, 5.74) is 0.140. The third kappa shape index (κ3) is 2.91. The standard InChI is InChI=1S/C11H13N3O3S2/c1-8-13-9(7-18-8)6-14(2)19(16,17)11-5-12-4-3-10(11)15/h3-5,7H,6H2,1-2H3,(H,12,15). The number of nitrogens with zero attached hydrogens (tertiary/aromatic N) is 2. The molecule has 0 spiro atoms. The van der Waals surface area contributed by atoms with Gasteiger partial charge in [0.15, 0.2) is 0 Å². The third-order valence-electron chi connectivity index (χ3n) is 2.53. The van der Waals surface area contributed by atoms with Gasteiger partial charge in [-0.3, -0.25) is 4.79 Å². The number of aromatic nitrogens is 2. The molecular formula is C11H13N3O3S2. The Morgan fingerprint density at radius 2 is 2.21 bits per heavy atom. The summed E-state index contributed by atoms with van der Waals surface area (Å²) < 4.78 is 25.6. The largest absolute Gasteiger partial charge is 0.366 e. The molecule has 0 aliphatic rings. The van der Waals surface area contributed by atoms with E-state index in [0.29, 0.717) is 5.69 Å². The molecule has 1 N–H and O–H groups in total. The zero-order valence-electron chi connectivity index (χ0n) is 10.5. The van der Waals surface area contributed by atoms with Crippen LogP contribution < -0.4 is 5.43 Å². The van der Waals surface area contributed by atoms with Crippen LogP contribution in [0.3, 0.4) is 0 Å². The lowest BCUT2D eigenvalue weighted by Gasteiger charge is -2.15. The van der Waals surface area contributed by atoms with Crippen LogP contribution in [0, 0.1) is 6.92 Å². The van der Waals surface area contributed by atoms with Crippen LogP contribution in [0.2, 0.25) is 0 Å². The van der Waals surface area contributed by atoms with Crippen molar-refractivity contribution in [2.24, 2.45) is 0 Å². The van der Waals surface area contributed by atoms with Gasteiger partial charge >= 0.3 is 0 Å². The van der Waals surface area contributed by atoms with Crippen molar-refractivity contribution >= 4 is 21.4 Å². The molecule has 0 aliphatic heterocycles. The van der Waals surface area contributed by atoms with Crippen LogP contribution in [0.5, 0.6) is 0 Å². The Balaban J connectivity index is 2.30. The van der Waals surface area contributed by atoms with Crippen LogP contribution in [0.4, 0.5) is 0 Å². The smallest absolute Gasteiger partial charge is 0.248 e. The Kier molecular flexibility index (Phi) is 3.83. The predicted octanol–water partition coefficient (Wildman–Crippen LogP) is 0.961. The number of H-pyrrole nitrogens is 1. The molecule has 2 heterocycles. The highest BCUT2D eigenvalue weighted by Crippen LogP contribution is 2.14. The molecule has 2 aromatic heterocycles. The fourth-order valence-corrected chi connectivity index (χ4v) is 3.35. The normalized spacial score (nSPS) is 11.9. The van der Waals surface area contributed by atoms with Crippen molar-refractivity contribution in [1.29, 1.82) is 0 Å². The van der Waals surface area contributed by atoms with Crippen LogP contribution in [0.25, 0.3) is 0 Å². The Morgan fingerprint density at radius 1 is 1.47 bits per heavy atom. The second kappa shape index (κ2) is 5.24. The average Bonchev–Trinajstić information content (AvgIpc) is 2.75. The Hall–Kier alpha value is -1.51. The number of aryl methyl sites for hydroxylation is 1. The van der Waals surface area contributed by atoms with Crippen molar-refractivity contribution in [2.75, 3.05) is 7.05 Å². The highest BCUT2D eigenvalue weighted by Gasteiger charge is 2.24. The maximum atomic E-state index is 12.2. The average molecular weight is 299 g/mol. The van der Waals surface area contributed by atoms with Gasteiger partial charge in [-0.25, -0.2) is 13.4 Å². The number of aromatic amines is 1. The molecule has 0 fully saturated rings.